The fraction of sp³-hybridized carbons (Fsp3) is 0.300. The molecule has 84 valence electrons. The van der Waals surface area contributed by atoms with E-state index >= 15 is 0 Å². The predicted molar refractivity (Wildman–Crippen MR) is 59.6 cm³/mol. The lowest BCUT2D eigenvalue weighted by Crippen LogP contribution is -2.02. The predicted octanol–water partition coefficient (Wildman–Crippen LogP) is 1.42. The van der Waals surface area contributed by atoms with E-state index in [1.807, 2.05) is 13.8 Å². The van der Waals surface area contributed by atoms with Crippen molar-refractivity contribution in [3.63, 3.8) is 0 Å². The van der Waals surface area contributed by atoms with Crippen LogP contribution in [0, 0.1) is 13.8 Å². The minimum absolute atomic E-state index is 0.0313. The third-order valence-corrected chi connectivity index (χ3v) is 2.64. The summed E-state index contributed by atoms with van der Waals surface area (Å²) in [5.74, 6) is 0.598. The van der Waals surface area contributed by atoms with Gasteiger partial charge in [0.25, 0.3) is 0 Å². The van der Waals surface area contributed by atoms with Crippen molar-refractivity contribution in [2.75, 3.05) is 0 Å². The first-order chi connectivity index (χ1) is 7.63. The maximum Gasteiger partial charge on any atom is 0.158 e. The van der Waals surface area contributed by atoms with Crippen LogP contribution in [0.1, 0.15) is 17.0 Å². The lowest BCUT2D eigenvalue weighted by atomic mass is 10.2. The molecule has 2 aromatic heterocycles. The molecule has 0 bridgehead atoms. The molecular weight excluding hydrogens is 228 g/mol. The molecule has 0 aromatic carbocycles. The lowest BCUT2D eigenvalue weighted by molar-refractivity contribution is 0.280. The van der Waals surface area contributed by atoms with Crippen molar-refractivity contribution < 1.29 is 5.11 Å². The quantitative estimate of drug-likeness (QED) is 0.804. The van der Waals surface area contributed by atoms with Crippen molar-refractivity contribution in [3.05, 3.63) is 34.5 Å². The Kier molecular flexibility index (Phi) is 2.89. The van der Waals surface area contributed by atoms with Crippen LogP contribution in [0.25, 0.3) is 5.82 Å². The highest BCUT2D eigenvalue weighted by molar-refractivity contribution is 6.29. The topological polar surface area (TPSA) is 63.8 Å². The Labute approximate surface area is 97.7 Å². The molecule has 2 rings (SSSR count). The molecule has 0 aliphatic heterocycles. The molecule has 5 nitrogen and oxygen atoms in total. The Balaban J connectivity index is 2.56. The summed E-state index contributed by atoms with van der Waals surface area (Å²) < 4.78 is 1.65. The summed E-state index contributed by atoms with van der Waals surface area (Å²) in [5, 5.41) is 13.9. The lowest BCUT2D eigenvalue weighted by Gasteiger charge is -2.03. The molecule has 0 saturated carbocycles. The van der Waals surface area contributed by atoms with Crippen LogP contribution in [0.15, 0.2) is 12.4 Å². The van der Waals surface area contributed by atoms with Gasteiger partial charge in [-0.25, -0.2) is 14.6 Å². The van der Waals surface area contributed by atoms with Gasteiger partial charge in [0.05, 0.1) is 12.3 Å². The van der Waals surface area contributed by atoms with E-state index in [-0.39, 0.29) is 6.61 Å². The van der Waals surface area contributed by atoms with Crippen LogP contribution >= 0.6 is 11.6 Å². The molecule has 0 spiro atoms. The molecule has 0 radical (unpaired) electrons. The van der Waals surface area contributed by atoms with E-state index in [0.717, 1.165) is 17.0 Å². The number of hydrogen-bond donors (Lipinski definition) is 1. The number of aryl methyl sites for hydroxylation is 1. The van der Waals surface area contributed by atoms with E-state index in [1.165, 1.54) is 6.33 Å². The molecule has 2 heterocycles. The van der Waals surface area contributed by atoms with Gasteiger partial charge in [0.1, 0.15) is 11.5 Å². The van der Waals surface area contributed by atoms with Gasteiger partial charge in [-0.1, -0.05) is 11.6 Å². The molecular formula is C10H11ClN4O. The van der Waals surface area contributed by atoms with E-state index in [9.17, 15) is 5.11 Å². The highest BCUT2D eigenvalue weighted by Crippen LogP contribution is 2.17. The molecule has 1 N–H and O–H groups in total. The van der Waals surface area contributed by atoms with Crippen LogP contribution in [-0.2, 0) is 6.61 Å². The molecule has 0 saturated heterocycles. The van der Waals surface area contributed by atoms with Gasteiger partial charge in [-0.2, -0.15) is 5.10 Å². The molecule has 0 atom stereocenters. The smallest absolute Gasteiger partial charge is 0.158 e. The maximum absolute atomic E-state index is 9.20. The Morgan fingerprint density at radius 1 is 1.38 bits per heavy atom. The minimum atomic E-state index is -0.0313. The zero-order valence-electron chi connectivity index (χ0n) is 8.98. The molecule has 16 heavy (non-hydrogen) atoms. The summed E-state index contributed by atoms with van der Waals surface area (Å²) in [5.41, 5.74) is 2.46. The first-order valence-electron chi connectivity index (χ1n) is 4.77. The average molecular weight is 239 g/mol. The monoisotopic (exact) mass is 238 g/mol. The molecule has 2 aromatic rings. The molecule has 0 aliphatic rings. The van der Waals surface area contributed by atoms with Crippen molar-refractivity contribution in [1.82, 2.24) is 19.7 Å². The highest BCUT2D eigenvalue weighted by Gasteiger charge is 2.12. The van der Waals surface area contributed by atoms with Gasteiger partial charge in [0, 0.05) is 17.3 Å². The number of aliphatic hydroxyl groups is 1. The Morgan fingerprint density at radius 3 is 2.69 bits per heavy atom. The first-order valence-corrected chi connectivity index (χ1v) is 5.15. The Bertz CT molecular complexity index is 524. The standard InChI is InChI=1S/C10H11ClN4O/c1-6-8(4-16)7(2)15(14-6)10-3-9(11)12-5-13-10/h3,5,16H,4H2,1-2H3. The summed E-state index contributed by atoms with van der Waals surface area (Å²) in [7, 11) is 0. The fourth-order valence-corrected chi connectivity index (χ4v) is 1.71. The number of aliphatic hydroxyl groups excluding tert-OH is 1. The van der Waals surface area contributed by atoms with Crippen LogP contribution < -0.4 is 0 Å². The summed E-state index contributed by atoms with van der Waals surface area (Å²) in [6, 6.07) is 1.63. The van der Waals surface area contributed by atoms with Gasteiger partial charge in [-0.05, 0) is 13.8 Å². The van der Waals surface area contributed by atoms with Gasteiger partial charge in [-0.15, -0.1) is 0 Å². The van der Waals surface area contributed by atoms with Crippen molar-refractivity contribution in [2.24, 2.45) is 0 Å². The van der Waals surface area contributed by atoms with Crippen LogP contribution in [0.3, 0.4) is 0 Å². The summed E-state index contributed by atoms with van der Waals surface area (Å²) in [4.78, 5) is 7.89. The van der Waals surface area contributed by atoms with Crippen LogP contribution in [0.2, 0.25) is 5.15 Å². The molecule has 0 aliphatic carbocycles. The number of hydrogen-bond acceptors (Lipinski definition) is 4. The second-order valence-corrected chi connectivity index (χ2v) is 3.81. The van der Waals surface area contributed by atoms with Crippen molar-refractivity contribution in [2.45, 2.75) is 20.5 Å². The maximum atomic E-state index is 9.20. The average Bonchev–Trinajstić information content (AvgIpc) is 2.54. The third kappa shape index (κ3) is 1.79. The Morgan fingerprint density at radius 2 is 2.12 bits per heavy atom. The van der Waals surface area contributed by atoms with E-state index < -0.39 is 0 Å². The largest absolute Gasteiger partial charge is 0.392 e. The van der Waals surface area contributed by atoms with E-state index in [0.29, 0.717) is 11.0 Å². The fourth-order valence-electron chi connectivity index (χ4n) is 1.57. The third-order valence-electron chi connectivity index (χ3n) is 2.44. The van der Waals surface area contributed by atoms with Gasteiger partial charge in [-0.3, -0.25) is 0 Å². The first kappa shape index (κ1) is 11.0. The molecule has 0 fully saturated rings. The minimum Gasteiger partial charge on any atom is -0.392 e. The Hall–Kier alpha value is -1.46. The van der Waals surface area contributed by atoms with Crippen LogP contribution in [0.4, 0.5) is 0 Å². The molecule has 0 unspecified atom stereocenters. The van der Waals surface area contributed by atoms with Gasteiger partial charge in [0.2, 0.25) is 0 Å². The number of halogens is 1. The molecule has 6 heteroatoms. The van der Waals surface area contributed by atoms with Crippen molar-refractivity contribution >= 4 is 11.6 Å². The van der Waals surface area contributed by atoms with Gasteiger partial charge in [0.15, 0.2) is 5.82 Å². The zero-order chi connectivity index (χ0) is 11.7. The van der Waals surface area contributed by atoms with E-state index in [2.05, 4.69) is 15.1 Å². The van der Waals surface area contributed by atoms with Gasteiger partial charge < -0.3 is 5.11 Å². The zero-order valence-corrected chi connectivity index (χ0v) is 9.73. The van der Waals surface area contributed by atoms with Crippen molar-refractivity contribution in [3.8, 4) is 5.82 Å². The van der Waals surface area contributed by atoms with Crippen LogP contribution in [-0.4, -0.2) is 24.9 Å². The molecule has 0 amide bonds. The second-order valence-electron chi connectivity index (χ2n) is 3.42. The number of aromatic nitrogens is 4. The number of nitrogens with zero attached hydrogens (tertiary/aromatic N) is 4. The second kappa shape index (κ2) is 4.19. The van der Waals surface area contributed by atoms with Crippen molar-refractivity contribution in [1.29, 1.82) is 0 Å². The normalized spacial score (nSPS) is 10.8. The van der Waals surface area contributed by atoms with E-state index in [1.54, 1.807) is 10.7 Å². The van der Waals surface area contributed by atoms with Gasteiger partial charge >= 0.3 is 0 Å². The number of rotatable bonds is 2. The van der Waals surface area contributed by atoms with E-state index in [4.69, 9.17) is 11.6 Å². The SMILES string of the molecule is Cc1nn(-c2cc(Cl)ncn2)c(C)c1CO. The summed E-state index contributed by atoms with van der Waals surface area (Å²) >= 11 is 5.79. The highest BCUT2D eigenvalue weighted by atomic mass is 35.5. The summed E-state index contributed by atoms with van der Waals surface area (Å²) in [6.07, 6.45) is 1.38. The summed E-state index contributed by atoms with van der Waals surface area (Å²) in [6.45, 7) is 3.69. The van der Waals surface area contributed by atoms with Crippen LogP contribution in [0.5, 0.6) is 0 Å².